The molecule has 0 spiro atoms. The summed E-state index contributed by atoms with van der Waals surface area (Å²) in [5.41, 5.74) is 6.34. The molecule has 34 heavy (non-hydrogen) atoms. The predicted octanol–water partition coefficient (Wildman–Crippen LogP) is 4.04. The Morgan fingerprint density at radius 2 is 1.97 bits per heavy atom. The summed E-state index contributed by atoms with van der Waals surface area (Å²) in [4.78, 5) is 12.6. The van der Waals surface area contributed by atoms with Gasteiger partial charge in [-0.2, -0.15) is 13.2 Å². The molecular formula is C24H27F3N4O3. The largest absolute Gasteiger partial charge is 0.490 e. The summed E-state index contributed by atoms with van der Waals surface area (Å²) in [6.45, 7) is 1.13. The van der Waals surface area contributed by atoms with E-state index in [2.05, 4.69) is 5.32 Å². The highest BCUT2D eigenvalue weighted by Gasteiger charge is 2.35. The predicted molar refractivity (Wildman–Crippen MR) is 124 cm³/mol. The average Bonchev–Trinajstić information content (AvgIpc) is 2.78. The maximum Gasteiger partial charge on any atom is 0.420 e. The van der Waals surface area contributed by atoms with E-state index in [0.29, 0.717) is 43.7 Å². The fourth-order valence-electron chi connectivity index (χ4n) is 3.70. The third-order valence-corrected chi connectivity index (χ3v) is 5.40. The summed E-state index contributed by atoms with van der Waals surface area (Å²) in [5, 5.41) is 19.3. The van der Waals surface area contributed by atoms with Gasteiger partial charge in [0.1, 0.15) is 17.7 Å². The van der Waals surface area contributed by atoms with Crippen LogP contribution in [-0.2, 0) is 11.0 Å². The van der Waals surface area contributed by atoms with Crippen LogP contribution in [0, 0.1) is 5.41 Å². The van der Waals surface area contributed by atoms with Gasteiger partial charge in [-0.15, -0.1) is 0 Å². The van der Waals surface area contributed by atoms with Gasteiger partial charge in [0, 0.05) is 30.9 Å². The van der Waals surface area contributed by atoms with Crippen molar-refractivity contribution >= 4 is 23.6 Å². The number of benzene rings is 2. The average molecular weight is 476 g/mol. The van der Waals surface area contributed by atoms with Crippen LogP contribution in [0.1, 0.15) is 29.5 Å². The molecule has 1 fully saturated rings. The van der Waals surface area contributed by atoms with E-state index in [9.17, 15) is 18.0 Å². The van der Waals surface area contributed by atoms with Crippen molar-refractivity contribution in [2.24, 2.45) is 5.73 Å². The minimum Gasteiger partial charge on any atom is -0.490 e. The number of aliphatic carboxylic acids is 1. The molecule has 0 unspecified atom stereocenters. The van der Waals surface area contributed by atoms with Crippen molar-refractivity contribution in [3.05, 3.63) is 65.2 Å². The highest BCUT2D eigenvalue weighted by molar-refractivity contribution is 5.95. The molecular weight excluding hydrogens is 449 g/mol. The standard InChI is InChI=1S/C24H27F3N4O3/c25-24(26,27)20-14-18(30-10-2-4-16-3-1-5-17(13-16)23(28)29)6-7-21(20)34-19-8-11-31(12-9-19)15-22(32)33/h1-7,13-14,19,30H,8-12,15H2,(H3,28,29)(H,32,33). The molecule has 3 rings (SSSR count). The Morgan fingerprint density at radius 3 is 2.62 bits per heavy atom. The number of carbonyl (C=O) groups is 1. The van der Waals surface area contributed by atoms with E-state index < -0.39 is 23.8 Å². The molecule has 2 aromatic carbocycles. The number of anilines is 1. The maximum absolute atomic E-state index is 13.7. The Morgan fingerprint density at radius 1 is 1.24 bits per heavy atom. The normalized spacial score (nSPS) is 15.4. The van der Waals surface area contributed by atoms with Gasteiger partial charge in [-0.05, 0) is 42.7 Å². The van der Waals surface area contributed by atoms with Crippen LogP contribution in [0.25, 0.3) is 6.08 Å². The Hall–Kier alpha value is -3.53. The first kappa shape index (κ1) is 25.1. The Kier molecular flexibility index (Phi) is 8.17. The SMILES string of the molecule is N=C(N)c1cccc(C=CCNc2ccc(OC3CCN(CC(=O)O)CC3)c(C(F)(F)F)c2)c1. The van der Waals surface area contributed by atoms with Gasteiger partial charge in [-0.25, -0.2) is 0 Å². The third-order valence-electron chi connectivity index (χ3n) is 5.40. The van der Waals surface area contributed by atoms with E-state index in [1.165, 1.54) is 12.1 Å². The van der Waals surface area contributed by atoms with Crippen LogP contribution in [0.15, 0.2) is 48.5 Å². The van der Waals surface area contributed by atoms with Gasteiger partial charge in [-0.3, -0.25) is 15.1 Å². The van der Waals surface area contributed by atoms with Crippen molar-refractivity contribution in [1.82, 2.24) is 4.90 Å². The van der Waals surface area contributed by atoms with Crippen LogP contribution >= 0.6 is 0 Å². The summed E-state index contributed by atoms with van der Waals surface area (Å²) >= 11 is 0. The quantitative estimate of drug-likeness (QED) is 0.321. The van der Waals surface area contributed by atoms with Crippen molar-refractivity contribution in [2.45, 2.75) is 25.1 Å². The zero-order valence-corrected chi connectivity index (χ0v) is 18.4. The number of alkyl halides is 3. The van der Waals surface area contributed by atoms with Crippen molar-refractivity contribution in [2.75, 3.05) is 31.5 Å². The molecule has 5 N–H and O–H groups in total. The van der Waals surface area contributed by atoms with Crippen molar-refractivity contribution in [1.29, 1.82) is 5.41 Å². The summed E-state index contributed by atoms with van der Waals surface area (Å²) in [7, 11) is 0. The number of carboxylic acid groups (broad SMARTS) is 1. The minimum atomic E-state index is -4.58. The Labute approximate surface area is 195 Å². The number of ether oxygens (including phenoxy) is 1. The number of likely N-dealkylation sites (tertiary alicyclic amines) is 1. The fraction of sp³-hybridized carbons (Fsp3) is 0.333. The molecule has 0 aliphatic carbocycles. The van der Waals surface area contributed by atoms with Crippen LogP contribution in [0.2, 0.25) is 0 Å². The molecule has 0 aromatic heterocycles. The van der Waals surface area contributed by atoms with Crippen LogP contribution in [0.4, 0.5) is 18.9 Å². The summed E-state index contributed by atoms with van der Waals surface area (Å²) in [6, 6.07) is 11.0. The maximum atomic E-state index is 13.7. The van der Waals surface area contributed by atoms with Crippen molar-refractivity contribution < 1.29 is 27.8 Å². The number of hydrogen-bond acceptors (Lipinski definition) is 5. The summed E-state index contributed by atoms with van der Waals surface area (Å²) in [5.74, 6) is -1.20. The van der Waals surface area contributed by atoms with Crippen LogP contribution in [0.3, 0.4) is 0 Å². The first-order valence-corrected chi connectivity index (χ1v) is 10.8. The lowest BCUT2D eigenvalue weighted by Crippen LogP contribution is -2.40. The van der Waals surface area contributed by atoms with E-state index in [4.69, 9.17) is 21.0 Å². The number of halogens is 3. The number of amidine groups is 1. The second kappa shape index (κ2) is 11.1. The van der Waals surface area contributed by atoms with E-state index in [1.54, 1.807) is 35.3 Å². The zero-order valence-electron chi connectivity index (χ0n) is 18.4. The third kappa shape index (κ3) is 7.24. The van der Waals surface area contributed by atoms with Gasteiger partial charge in [0.25, 0.3) is 0 Å². The molecule has 10 heteroatoms. The second-order valence-electron chi connectivity index (χ2n) is 8.02. The number of nitrogens with one attached hydrogen (secondary N) is 2. The number of rotatable bonds is 9. The Bertz CT molecular complexity index is 1050. The van der Waals surface area contributed by atoms with Gasteiger partial charge in [0.05, 0.1) is 12.1 Å². The van der Waals surface area contributed by atoms with Crippen molar-refractivity contribution in [3.63, 3.8) is 0 Å². The molecule has 1 aliphatic heterocycles. The highest BCUT2D eigenvalue weighted by Crippen LogP contribution is 2.39. The number of hydrogen-bond donors (Lipinski definition) is 4. The monoisotopic (exact) mass is 476 g/mol. The van der Waals surface area contributed by atoms with Gasteiger partial charge < -0.3 is 20.9 Å². The van der Waals surface area contributed by atoms with Crippen LogP contribution in [0.5, 0.6) is 5.75 Å². The summed E-state index contributed by atoms with van der Waals surface area (Å²) in [6.07, 6.45) is -0.515. The van der Waals surface area contributed by atoms with Gasteiger partial charge in [-0.1, -0.05) is 30.4 Å². The first-order chi connectivity index (χ1) is 16.1. The van der Waals surface area contributed by atoms with Crippen molar-refractivity contribution in [3.8, 4) is 5.75 Å². The van der Waals surface area contributed by atoms with E-state index in [1.807, 2.05) is 6.07 Å². The smallest absolute Gasteiger partial charge is 0.420 e. The molecule has 2 aromatic rings. The molecule has 0 saturated carbocycles. The molecule has 7 nitrogen and oxygen atoms in total. The van der Waals surface area contributed by atoms with Gasteiger partial charge in [0.15, 0.2) is 0 Å². The number of nitrogens with two attached hydrogens (primary N) is 1. The molecule has 0 bridgehead atoms. The molecule has 1 heterocycles. The number of nitrogen functional groups attached to an aromatic ring is 1. The lowest BCUT2D eigenvalue weighted by molar-refractivity contribution is -0.140. The molecule has 182 valence electrons. The fourth-order valence-corrected chi connectivity index (χ4v) is 3.70. The zero-order chi connectivity index (χ0) is 24.7. The molecule has 0 amide bonds. The van der Waals surface area contributed by atoms with Gasteiger partial charge >= 0.3 is 12.1 Å². The van der Waals surface area contributed by atoms with E-state index in [-0.39, 0.29) is 18.1 Å². The Balaban J connectivity index is 1.61. The molecule has 1 saturated heterocycles. The summed E-state index contributed by atoms with van der Waals surface area (Å²) < 4.78 is 46.7. The van der Waals surface area contributed by atoms with Crippen LogP contribution in [-0.4, -0.2) is 54.1 Å². The number of nitrogens with zero attached hydrogens (tertiary/aromatic N) is 1. The topological polar surface area (TPSA) is 112 Å². The molecule has 0 radical (unpaired) electrons. The van der Waals surface area contributed by atoms with Gasteiger partial charge in [0.2, 0.25) is 0 Å². The molecule has 0 atom stereocenters. The number of piperidine rings is 1. The van der Waals surface area contributed by atoms with E-state index >= 15 is 0 Å². The molecule has 1 aliphatic rings. The first-order valence-electron chi connectivity index (χ1n) is 10.8. The van der Waals surface area contributed by atoms with E-state index in [0.717, 1.165) is 11.6 Å². The van der Waals surface area contributed by atoms with Crippen LogP contribution < -0.4 is 15.8 Å². The number of carboxylic acids is 1. The second-order valence-corrected chi connectivity index (χ2v) is 8.02. The lowest BCUT2D eigenvalue weighted by atomic mass is 10.1. The minimum absolute atomic E-state index is 0.0406. The highest BCUT2D eigenvalue weighted by atomic mass is 19.4. The lowest BCUT2D eigenvalue weighted by Gasteiger charge is -2.31.